The summed E-state index contributed by atoms with van der Waals surface area (Å²) in [5.74, 6) is -0.537. The van der Waals surface area contributed by atoms with Gasteiger partial charge in [-0.2, -0.15) is 0 Å². The molecule has 174 valence electrons. The first-order valence-electron chi connectivity index (χ1n) is 10.2. The minimum atomic E-state index is -0.960. The Hall–Kier alpha value is -3.37. The first kappa shape index (κ1) is 20.5. The third-order valence-corrected chi connectivity index (χ3v) is 7.13. The fourth-order valence-electron chi connectivity index (χ4n) is 4.41. The number of hydrogen-bond donors (Lipinski definition) is 4. The highest BCUT2D eigenvalue weighted by Crippen LogP contribution is 2.35. The van der Waals surface area contributed by atoms with Gasteiger partial charge >= 0.3 is 6.03 Å². The molecule has 5 rings (SSSR count). The van der Waals surface area contributed by atoms with Gasteiger partial charge in [0, 0.05) is 36.3 Å². The maximum absolute atomic E-state index is 12.8. The van der Waals surface area contributed by atoms with Gasteiger partial charge in [-0.1, -0.05) is 18.2 Å². The molecule has 5 amide bonds. The van der Waals surface area contributed by atoms with Crippen LogP contribution in [0.3, 0.4) is 0 Å². The van der Waals surface area contributed by atoms with Crippen molar-refractivity contribution in [1.29, 1.82) is 0 Å². The molecule has 2 aliphatic heterocycles. The zero-order valence-corrected chi connectivity index (χ0v) is 17.8. The molecule has 1 unspecified atom stereocenters. The summed E-state index contributed by atoms with van der Waals surface area (Å²) in [5, 5.41) is 7.85. The van der Waals surface area contributed by atoms with Gasteiger partial charge in [0.2, 0.25) is 11.8 Å². The highest BCUT2D eigenvalue weighted by Gasteiger charge is 2.50. The Balaban J connectivity index is 0.00000259. The quantitative estimate of drug-likeness (QED) is 0.517. The van der Waals surface area contributed by atoms with E-state index in [0.717, 1.165) is 16.0 Å². The third kappa shape index (κ3) is 3.51. The highest BCUT2D eigenvalue weighted by atomic mass is 32.2. The Morgan fingerprint density at radius 1 is 1.19 bits per heavy atom. The van der Waals surface area contributed by atoms with Crippen LogP contribution in [0.5, 0.6) is 0 Å². The lowest BCUT2D eigenvalue weighted by Gasteiger charge is -2.23. The third-order valence-electron chi connectivity index (χ3n) is 5.95. The van der Waals surface area contributed by atoms with E-state index in [0.29, 0.717) is 30.0 Å². The van der Waals surface area contributed by atoms with Crippen molar-refractivity contribution in [2.24, 2.45) is 5.73 Å². The van der Waals surface area contributed by atoms with Crippen molar-refractivity contribution in [3.63, 3.8) is 0 Å². The predicted molar refractivity (Wildman–Crippen MR) is 130 cm³/mol. The van der Waals surface area contributed by atoms with Crippen LogP contribution in [0.1, 0.15) is 18.3 Å². The summed E-state index contributed by atoms with van der Waals surface area (Å²) in [6, 6.07) is 11.6. The average molecular weight is 462 g/mol. The van der Waals surface area contributed by atoms with Gasteiger partial charge in [0.05, 0.1) is 11.7 Å². The molecule has 0 bridgehead atoms. The van der Waals surface area contributed by atoms with Crippen molar-refractivity contribution >= 4 is 46.9 Å². The van der Waals surface area contributed by atoms with Crippen molar-refractivity contribution in [2.75, 3.05) is 22.5 Å². The molecule has 1 spiro atoms. The first-order valence-corrected chi connectivity index (χ1v) is 11.2. The number of anilines is 2. The molecule has 1 aliphatic carbocycles. The molecule has 5 N–H and O–H groups in total. The van der Waals surface area contributed by atoms with E-state index in [1.165, 1.54) is 16.7 Å². The van der Waals surface area contributed by atoms with Gasteiger partial charge in [0.1, 0.15) is 12.1 Å². The number of rotatable bonds is 3. The molecule has 3 aliphatic rings. The van der Waals surface area contributed by atoms with Gasteiger partial charge in [0.25, 0.3) is 5.91 Å². The number of benzene rings is 2. The summed E-state index contributed by atoms with van der Waals surface area (Å²) in [6.07, 6.45) is 0.760. The molecule has 0 aromatic heterocycles. The Bertz CT molecular complexity index is 1190. The van der Waals surface area contributed by atoms with Crippen molar-refractivity contribution in [2.45, 2.75) is 29.3 Å². The predicted octanol–water partition coefficient (Wildman–Crippen LogP) is 2.00. The molecule has 1 fully saturated rings. The molecule has 0 saturated carbocycles. The molecular weight excluding hydrogens is 430 g/mol. The summed E-state index contributed by atoms with van der Waals surface area (Å²) in [7, 11) is 0. The number of nitrogens with zero attached hydrogens (tertiary/aromatic N) is 1. The van der Waals surface area contributed by atoms with Crippen LogP contribution in [0, 0.1) is 0 Å². The van der Waals surface area contributed by atoms with Gasteiger partial charge in [-0.05, 0) is 35.4 Å². The van der Waals surface area contributed by atoms with Crippen LogP contribution in [0.25, 0.3) is 0 Å². The second-order valence-corrected chi connectivity index (χ2v) is 9.25. The van der Waals surface area contributed by atoms with Gasteiger partial charge in [-0.3, -0.25) is 19.7 Å². The monoisotopic (exact) mass is 461 g/mol. The van der Waals surface area contributed by atoms with Crippen LogP contribution in [-0.2, 0) is 27.2 Å². The topological polar surface area (TPSA) is 134 Å². The lowest BCUT2D eigenvalue weighted by molar-refractivity contribution is -0.123. The SMILES string of the molecule is N[C@H]1CSc2ccccc2N(CC(=O)Nc2ccc3c(c2)CC2(C3)NC(=O)NC2=O)C1=O.[HH].[HH].[HH].[HH].[HH]. The largest absolute Gasteiger partial charge is 0.325 e. The Morgan fingerprint density at radius 3 is 2.75 bits per heavy atom. The normalized spacial score (nSPS) is 24.0. The van der Waals surface area contributed by atoms with Crippen molar-refractivity contribution in [3.05, 3.63) is 53.6 Å². The Labute approximate surface area is 195 Å². The Morgan fingerprint density at radius 2 is 1.97 bits per heavy atom. The summed E-state index contributed by atoms with van der Waals surface area (Å²) >= 11 is 1.50. The summed E-state index contributed by atoms with van der Waals surface area (Å²) in [4.78, 5) is 51.8. The number of para-hydroxylation sites is 1. The molecule has 2 aromatic carbocycles. The zero-order valence-electron chi connectivity index (χ0n) is 17.0. The van der Waals surface area contributed by atoms with Crippen LogP contribution in [-0.4, -0.2) is 47.6 Å². The number of carbonyl (C=O) groups is 4. The number of nitrogens with two attached hydrogens (primary N) is 1. The fourth-order valence-corrected chi connectivity index (χ4v) is 5.41. The van der Waals surface area contributed by atoms with Gasteiger partial charge in [-0.15, -0.1) is 11.8 Å². The van der Waals surface area contributed by atoms with E-state index in [9.17, 15) is 19.2 Å². The molecule has 1 saturated heterocycles. The number of urea groups is 1. The highest BCUT2D eigenvalue weighted by molar-refractivity contribution is 7.99. The Kier molecular flexibility index (Phi) is 4.90. The van der Waals surface area contributed by atoms with Crippen LogP contribution in [0.2, 0.25) is 0 Å². The summed E-state index contributed by atoms with van der Waals surface area (Å²) in [5.41, 5.74) is 8.11. The summed E-state index contributed by atoms with van der Waals surface area (Å²) < 4.78 is 0. The van der Waals surface area contributed by atoms with E-state index < -0.39 is 17.6 Å². The van der Waals surface area contributed by atoms with E-state index in [2.05, 4.69) is 16.0 Å². The zero-order chi connectivity index (χ0) is 22.5. The molecule has 2 aromatic rings. The van der Waals surface area contributed by atoms with Crippen molar-refractivity contribution < 1.29 is 26.3 Å². The van der Waals surface area contributed by atoms with Crippen LogP contribution in [0.4, 0.5) is 16.2 Å². The lowest BCUT2D eigenvalue weighted by atomic mass is 9.96. The maximum Gasteiger partial charge on any atom is 0.322 e. The first-order chi connectivity index (χ1) is 15.3. The fraction of sp³-hybridized carbons (Fsp3) is 0.273. The molecule has 2 atom stereocenters. The second kappa shape index (κ2) is 7.64. The maximum atomic E-state index is 12.8. The van der Waals surface area contributed by atoms with Gasteiger partial charge in [0.15, 0.2) is 0 Å². The van der Waals surface area contributed by atoms with Crippen molar-refractivity contribution in [1.82, 2.24) is 10.6 Å². The minimum absolute atomic E-state index is 0. The van der Waals surface area contributed by atoms with Crippen LogP contribution >= 0.6 is 11.8 Å². The number of imide groups is 1. The lowest BCUT2D eigenvalue weighted by Crippen LogP contribution is -2.47. The molecule has 2 heterocycles. The van der Waals surface area contributed by atoms with E-state index in [1.54, 1.807) is 18.2 Å². The molecular formula is C22H31N5O4S. The number of amides is 5. The molecule has 9 nitrogen and oxygen atoms in total. The van der Waals surface area contributed by atoms with E-state index in [1.807, 2.05) is 24.3 Å². The van der Waals surface area contributed by atoms with E-state index in [4.69, 9.17) is 5.73 Å². The van der Waals surface area contributed by atoms with Gasteiger partial charge < -0.3 is 21.3 Å². The molecule has 10 heteroatoms. The number of thioether (sulfide) groups is 1. The smallest absolute Gasteiger partial charge is 0.322 e. The minimum Gasteiger partial charge on any atom is -0.325 e. The summed E-state index contributed by atoms with van der Waals surface area (Å²) in [6.45, 7) is -0.163. The average Bonchev–Trinajstić information content (AvgIpc) is 3.23. The van der Waals surface area contributed by atoms with E-state index >= 15 is 0 Å². The number of carbonyl (C=O) groups excluding carboxylic acids is 4. The standard InChI is InChI=1S/C22H21N5O4S.5H2/c23-15-11-32-17-4-2-1-3-16(17)27(19(15)29)10-18(28)24-14-6-5-12-8-22(9-13(12)7-14)20(30)25-21(31)26-22;;;;;/h1-7,15H,8-11,23H2,(H,24,28)(H2,25,26,30,31);5*1H/t15-,22?;;;;;/m0...../s1. The van der Waals surface area contributed by atoms with Gasteiger partial charge in [-0.25, -0.2) is 4.79 Å². The molecule has 32 heavy (non-hydrogen) atoms. The number of hydrogen-bond acceptors (Lipinski definition) is 6. The van der Waals surface area contributed by atoms with Crippen molar-refractivity contribution in [3.8, 4) is 0 Å². The number of fused-ring (bicyclic) bond motifs is 2. The second-order valence-electron chi connectivity index (χ2n) is 8.19. The molecule has 0 radical (unpaired) electrons. The van der Waals surface area contributed by atoms with Crippen LogP contribution < -0.4 is 26.6 Å². The van der Waals surface area contributed by atoms with E-state index in [-0.39, 0.29) is 31.4 Å². The number of nitrogens with one attached hydrogen (secondary N) is 3. The van der Waals surface area contributed by atoms with Crippen LogP contribution in [0.15, 0.2) is 47.4 Å².